The third-order valence-corrected chi connectivity index (χ3v) is 2.61. The molecule has 0 amide bonds. The van der Waals surface area contributed by atoms with Crippen LogP contribution in [-0.2, 0) is 0 Å². The van der Waals surface area contributed by atoms with E-state index < -0.39 is 0 Å². The Labute approximate surface area is 101 Å². The number of anilines is 1. The van der Waals surface area contributed by atoms with Gasteiger partial charge in [0.1, 0.15) is 6.07 Å². The topological polar surface area (TPSA) is 47.8 Å². The molecule has 1 atom stereocenters. The Bertz CT molecular complexity index is 384. The number of nitriles is 1. The van der Waals surface area contributed by atoms with Gasteiger partial charge in [-0.05, 0) is 37.7 Å². The van der Waals surface area contributed by atoms with Crippen LogP contribution in [-0.4, -0.2) is 20.1 Å². The number of rotatable bonds is 5. The predicted molar refractivity (Wildman–Crippen MR) is 67.7 cm³/mol. The highest BCUT2D eigenvalue weighted by Crippen LogP contribution is 2.20. The molecule has 86 valence electrons. The molecular weight excluding hydrogens is 222 g/mol. The lowest BCUT2D eigenvalue weighted by Crippen LogP contribution is -2.22. The van der Waals surface area contributed by atoms with Crippen molar-refractivity contribution in [3.8, 4) is 6.07 Å². The van der Waals surface area contributed by atoms with Gasteiger partial charge in [-0.25, -0.2) is 0 Å². The van der Waals surface area contributed by atoms with Crippen LogP contribution in [0, 0.1) is 17.2 Å². The summed E-state index contributed by atoms with van der Waals surface area (Å²) < 4.78 is 0. The van der Waals surface area contributed by atoms with Gasteiger partial charge in [-0.3, -0.25) is 0 Å². The fourth-order valence-corrected chi connectivity index (χ4v) is 1.65. The zero-order valence-corrected chi connectivity index (χ0v) is 10.3. The lowest BCUT2D eigenvalue weighted by Gasteiger charge is -2.13. The summed E-state index contributed by atoms with van der Waals surface area (Å²) in [7, 11) is 1.94. The molecular formula is C12H16ClN3. The molecule has 0 aliphatic rings. The van der Waals surface area contributed by atoms with Crippen molar-refractivity contribution in [3.05, 3.63) is 28.8 Å². The number of nitrogens with one attached hydrogen (secondary N) is 2. The van der Waals surface area contributed by atoms with E-state index >= 15 is 0 Å². The van der Waals surface area contributed by atoms with Gasteiger partial charge in [0.2, 0.25) is 0 Å². The van der Waals surface area contributed by atoms with Crippen molar-refractivity contribution < 1.29 is 0 Å². The van der Waals surface area contributed by atoms with E-state index in [9.17, 15) is 0 Å². The van der Waals surface area contributed by atoms with Crippen molar-refractivity contribution in [1.82, 2.24) is 5.32 Å². The van der Waals surface area contributed by atoms with E-state index in [1.165, 1.54) is 0 Å². The van der Waals surface area contributed by atoms with E-state index in [0.29, 0.717) is 16.5 Å². The molecule has 0 aliphatic carbocycles. The summed E-state index contributed by atoms with van der Waals surface area (Å²) >= 11 is 5.93. The quantitative estimate of drug-likeness (QED) is 0.827. The van der Waals surface area contributed by atoms with Crippen LogP contribution in [0.1, 0.15) is 12.5 Å². The molecule has 0 spiro atoms. The van der Waals surface area contributed by atoms with E-state index in [2.05, 4.69) is 17.6 Å². The maximum atomic E-state index is 8.73. The SMILES string of the molecule is CNCC(C)CNc1ccc(C#N)c(Cl)c1. The van der Waals surface area contributed by atoms with Crippen LogP contribution >= 0.6 is 11.6 Å². The second-order valence-corrected chi connectivity index (χ2v) is 4.26. The fraction of sp³-hybridized carbons (Fsp3) is 0.417. The van der Waals surface area contributed by atoms with E-state index in [1.807, 2.05) is 19.2 Å². The van der Waals surface area contributed by atoms with Crippen LogP contribution in [0.3, 0.4) is 0 Å². The first-order valence-corrected chi connectivity index (χ1v) is 5.63. The Balaban J connectivity index is 2.56. The van der Waals surface area contributed by atoms with Crippen molar-refractivity contribution in [2.45, 2.75) is 6.92 Å². The van der Waals surface area contributed by atoms with Gasteiger partial charge in [0, 0.05) is 12.2 Å². The highest BCUT2D eigenvalue weighted by Gasteiger charge is 2.03. The number of halogens is 1. The monoisotopic (exact) mass is 237 g/mol. The third kappa shape index (κ3) is 3.73. The van der Waals surface area contributed by atoms with Gasteiger partial charge in [0.25, 0.3) is 0 Å². The van der Waals surface area contributed by atoms with Gasteiger partial charge in [-0.2, -0.15) is 5.26 Å². The lowest BCUT2D eigenvalue weighted by molar-refractivity contribution is 0.569. The fourth-order valence-electron chi connectivity index (χ4n) is 1.43. The average molecular weight is 238 g/mol. The number of benzene rings is 1. The molecule has 0 fully saturated rings. The maximum Gasteiger partial charge on any atom is 0.101 e. The van der Waals surface area contributed by atoms with Gasteiger partial charge < -0.3 is 10.6 Å². The smallest absolute Gasteiger partial charge is 0.101 e. The van der Waals surface area contributed by atoms with Crippen LogP contribution < -0.4 is 10.6 Å². The molecule has 0 heterocycles. The van der Waals surface area contributed by atoms with E-state index in [4.69, 9.17) is 16.9 Å². The molecule has 0 saturated carbocycles. The van der Waals surface area contributed by atoms with Crippen molar-refractivity contribution in [3.63, 3.8) is 0 Å². The van der Waals surface area contributed by atoms with Gasteiger partial charge in [-0.1, -0.05) is 18.5 Å². The zero-order chi connectivity index (χ0) is 12.0. The summed E-state index contributed by atoms with van der Waals surface area (Å²) in [5.74, 6) is 0.541. The van der Waals surface area contributed by atoms with Crippen LogP contribution in [0.5, 0.6) is 0 Å². The van der Waals surface area contributed by atoms with E-state index in [1.54, 1.807) is 12.1 Å². The summed E-state index contributed by atoms with van der Waals surface area (Å²) in [4.78, 5) is 0. The van der Waals surface area contributed by atoms with Crippen LogP contribution in [0.15, 0.2) is 18.2 Å². The van der Waals surface area contributed by atoms with E-state index in [-0.39, 0.29) is 0 Å². The molecule has 0 radical (unpaired) electrons. The van der Waals surface area contributed by atoms with Crippen molar-refractivity contribution in [2.75, 3.05) is 25.5 Å². The second kappa shape index (κ2) is 6.37. The van der Waals surface area contributed by atoms with Crippen molar-refractivity contribution in [2.24, 2.45) is 5.92 Å². The van der Waals surface area contributed by atoms with Crippen LogP contribution in [0.2, 0.25) is 5.02 Å². The Hall–Kier alpha value is -1.24. The minimum Gasteiger partial charge on any atom is -0.385 e. The molecule has 16 heavy (non-hydrogen) atoms. The predicted octanol–water partition coefficient (Wildman–Crippen LogP) is 2.48. The van der Waals surface area contributed by atoms with Crippen molar-refractivity contribution >= 4 is 17.3 Å². The highest BCUT2D eigenvalue weighted by molar-refractivity contribution is 6.32. The average Bonchev–Trinajstić information content (AvgIpc) is 2.27. The third-order valence-electron chi connectivity index (χ3n) is 2.30. The summed E-state index contributed by atoms with van der Waals surface area (Å²) in [6.07, 6.45) is 0. The Kier molecular flexibility index (Phi) is 5.10. The molecule has 1 aromatic rings. The minimum atomic E-state index is 0.494. The highest BCUT2D eigenvalue weighted by atomic mass is 35.5. The lowest BCUT2D eigenvalue weighted by atomic mass is 10.1. The van der Waals surface area contributed by atoms with Crippen molar-refractivity contribution in [1.29, 1.82) is 5.26 Å². The Morgan fingerprint density at radius 1 is 1.44 bits per heavy atom. The van der Waals surface area contributed by atoms with Crippen LogP contribution in [0.25, 0.3) is 0 Å². The molecule has 3 nitrogen and oxygen atoms in total. The first kappa shape index (κ1) is 12.8. The Morgan fingerprint density at radius 3 is 2.75 bits per heavy atom. The summed E-state index contributed by atoms with van der Waals surface area (Å²) in [5, 5.41) is 15.6. The molecule has 1 unspecified atom stereocenters. The Morgan fingerprint density at radius 2 is 2.19 bits per heavy atom. The summed E-state index contributed by atoms with van der Waals surface area (Å²) in [5.41, 5.74) is 1.46. The molecule has 2 N–H and O–H groups in total. The van der Waals surface area contributed by atoms with Gasteiger partial charge in [0.05, 0.1) is 10.6 Å². The second-order valence-electron chi connectivity index (χ2n) is 3.85. The first-order chi connectivity index (χ1) is 7.67. The first-order valence-electron chi connectivity index (χ1n) is 5.25. The molecule has 4 heteroatoms. The standard InChI is InChI=1S/C12H16ClN3/c1-9(7-15-2)8-16-11-4-3-10(6-14)12(13)5-11/h3-5,9,15-16H,7-8H2,1-2H3. The zero-order valence-electron chi connectivity index (χ0n) is 9.55. The molecule has 0 aliphatic heterocycles. The molecule has 0 bridgehead atoms. The molecule has 1 rings (SSSR count). The van der Waals surface area contributed by atoms with Gasteiger partial charge >= 0.3 is 0 Å². The molecule has 0 saturated heterocycles. The summed E-state index contributed by atoms with van der Waals surface area (Å²) in [6.45, 7) is 4.01. The van der Waals surface area contributed by atoms with Gasteiger partial charge in [0.15, 0.2) is 0 Å². The molecule has 1 aromatic carbocycles. The largest absolute Gasteiger partial charge is 0.385 e. The maximum absolute atomic E-state index is 8.73. The number of hydrogen-bond donors (Lipinski definition) is 2. The summed E-state index contributed by atoms with van der Waals surface area (Å²) in [6, 6.07) is 7.42. The molecule has 0 aromatic heterocycles. The minimum absolute atomic E-state index is 0.494. The van der Waals surface area contributed by atoms with Crippen LogP contribution in [0.4, 0.5) is 5.69 Å². The van der Waals surface area contributed by atoms with Gasteiger partial charge in [-0.15, -0.1) is 0 Å². The number of hydrogen-bond acceptors (Lipinski definition) is 3. The normalized spacial score (nSPS) is 11.9. The van der Waals surface area contributed by atoms with E-state index in [0.717, 1.165) is 18.8 Å². The number of nitrogens with zero attached hydrogens (tertiary/aromatic N) is 1.